The lowest BCUT2D eigenvalue weighted by atomic mass is 9.84. The lowest BCUT2D eigenvalue weighted by Gasteiger charge is -2.19. The van der Waals surface area contributed by atoms with Crippen LogP contribution in [0, 0.1) is 0 Å². The van der Waals surface area contributed by atoms with Crippen LogP contribution < -0.4 is 0 Å². The maximum Gasteiger partial charge on any atom is 0.143 e. The normalized spacial score (nSPS) is 12.0. The molecule has 11 rings (SSSR count). The molecule has 0 amide bonds. The monoisotopic (exact) mass is 636 g/mol. The molecule has 0 aliphatic carbocycles. The number of rotatable bonds is 3. The van der Waals surface area contributed by atoms with Gasteiger partial charge in [-0.1, -0.05) is 140 Å². The number of hydrogen-bond donors (Lipinski definition) is 0. The van der Waals surface area contributed by atoms with Gasteiger partial charge in [0.15, 0.2) is 0 Å². The average molecular weight is 637 g/mol. The SMILES string of the molecule is c1ccc(-c2cc3cccc(-c4c5ccccc5c(-c5cccc6c5oc5cc7ccccc7cc56)c5ccccc45)c3c3occc23)cc1. The Balaban J connectivity index is 1.24. The third-order valence-corrected chi connectivity index (χ3v) is 10.5. The topological polar surface area (TPSA) is 26.3 Å². The van der Waals surface area contributed by atoms with E-state index in [4.69, 9.17) is 8.83 Å². The molecule has 0 bridgehead atoms. The van der Waals surface area contributed by atoms with Crippen molar-refractivity contribution >= 4 is 76.0 Å². The predicted octanol–water partition coefficient (Wildman–Crippen LogP) is 13.9. The van der Waals surface area contributed by atoms with Gasteiger partial charge in [0.25, 0.3) is 0 Å². The summed E-state index contributed by atoms with van der Waals surface area (Å²) >= 11 is 0. The number of para-hydroxylation sites is 1. The average Bonchev–Trinajstić information content (AvgIpc) is 3.81. The van der Waals surface area contributed by atoms with Gasteiger partial charge in [-0.25, -0.2) is 0 Å². The highest BCUT2D eigenvalue weighted by Crippen LogP contribution is 2.49. The highest BCUT2D eigenvalue weighted by Gasteiger charge is 2.22. The van der Waals surface area contributed by atoms with E-state index in [9.17, 15) is 0 Å². The Morgan fingerprint density at radius 1 is 0.340 bits per heavy atom. The smallest absolute Gasteiger partial charge is 0.143 e. The predicted molar refractivity (Wildman–Crippen MR) is 210 cm³/mol. The Hall–Kier alpha value is -6.64. The Kier molecular flexibility index (Phi) is 5.70. The molecule has 0 atom stereocenters. The van der Waals surface area contributed by atoms with Crippen LogP contribution in [0.25, 0.3) is 109 Å². The number of hydrogen-bond acceptors (Lipinski definition) is 2. The van der Waals surface area contributed by atoms with Crippen molar-refractivity contribution in [1.29, 1.82) is 0 Å². The van der Waals surface area contributed by atoms with Crippen molar-refractivity contribution < 1.29 is 8.83 Å². The number of fused-ring (bicyclic) bond motifs is 9. The largest absolute Gasteiger partial charge is 0.464 e. The molecule has 0 aliphatic rings. The Morgan fingerprint density at radius 3 is 1.66 bits per heavy atom. The highest BCUT2D eigenvalue weighted by molar-refractivity contribution is 6.28. The summed E-state index contributed by atoms with van der Waals surface area (Å²) < 4.78 is 13.2. The van der Waals surface area contributed by atoms with Crippen LogP contribution in [0.5, 0.6) is 0 Å². The molecule has 0 spiro atoms. The van der Waals surface area contributed by atoms with Gasteiger partial charge in [0.05, 0.1) is 6.26 Å². The fraction of sp³-hybridized carbons (Fsp3) is 0. The summed E-state index contributed by atoms with van der Waals surface area (Å²) in [4.78, 5) is 0. The lowest BCUT2D eigenvalue weighted by molar-refractivity contribution is 0.619. The van der Waals surface area contributed by atoms with Crippen molar-refractivity contribution in [2.24, 2.45) is 0 Å². The van der Waals surface area contributed by atoms with E-state index in [-0.39, 0.29) is 0 Å². The Labute approximate surface area is 287 Å². The zero-order valence-corrected chi connectivity index (χ0v) is 27.0. The molecule has 0 radical (unpaired) electrons. The first-order chi connectivity index (χ1) is 24.8. The summed E-state index contributed by atoms with van der Waals surface area (Å²) in [5.41, 5.74) is 9.74. The molecule has 2 aromatic heterocycles. The summed E-state index contributed by atoms with van der Waals surface area (Å²) in [5, 5.41) is 12.8. The molecule has 50 heavy (non-hydrogen) atoms. The van der Waals surface area contributed by atoms with Gasteiger partial charge in [0, 0.05) is 32.7 Å². The molecule has 2 nitrogen and oxygen atoms in total. The van der Waals surface area contributed by atoms with Crippen molar-refractivity contribution in [3.8, 4) is 33.4 Å². The molecular formula is C48H28O2. The zero-order valence-electron chi connectivity index (χ0n) is 27.0. The Morgan fingerprint density at radius 2 is 0.920 bits per heavy atom. The molecule has 0 aliphatic heterocycles. The van der Waals surface area contributed by atoms with Crippen LogP contribution in [0.1, 0.15) is 0 Å². The van der Waals surface area contributed by atoms with E-state index in [1.54, 1.807) is 0 Å². The van der Waals surface area contributed by atoms with Gasteiger partial charge in [-0.3, -0.25) is 0 Å². The second kappa shape index (κ2) is 10.4. The molecule has 0 fully saturated rings. The summed E-state index contributed by atoms with van der Waals surface area (Å²) in [5.74, 6) is 0. The van der Waals surface area contributed by atoms with Crippen LogP contribution in [-0.4, -0.2) is 0 Å². The van der Waals surface area contributed by atoms with E-state index in [1.807, 2.05) is 6.26 Å². The first-order valence-corrected chi connectivity index (χ1v) is 17.1. The first-order valence-electron chi connectivity index (χ1n) is 17.1. The van der Waals surface area contributed by atoms with Gasteiger partial charge in [-0.05, 0) is 84.2 Å². The molecule has 2 heterocycles. The lowest BCUT2D eigenvalue weighted by Crippen LogP contribution is -1.92. The molecule has 2 heteroatoms. The van der Waals surface area contributed by atoms with E-state index < -0.39 is 0 Å². The van der Waals surface area contributed by atoms with Gasteiger partial charge >= 0.3 is 0 Å². The van der Waals surface area contributed by atoms with Crippen molar-refractivity contribution in [2.45, 2.75) is 0 Å². The second-order valence-corrected chi connectivity index (χ2v) is 13.2. The molecule has 0 saturated heterocycles. The third kappa shape index (κ3) is 3.85. The van der Waals surface area contributed by atoms with E-state index in [1.165, 1.54) is 54.6 Å². The fourth-order valence-electron chi connectivity index (χ4n) is 8.35. The first kappa shape index (κ1) is 27.3. The molecule has 9 aromatic carbocycles. The van der Waals surface area contributed by atoms with Crippen LogP contribution >= 0.6 is 0 Å². The molecule has 0 N–H and O–H groups in total. The number of benzene rings is 9. The summed E-state index contributed by atoms with van der Waals surface area (Å²) in [7, 11) is 0. The molecule has 0 saturated carbocycles. The van der Waals surface area contributed by atoms with Gasteiger partial charge in [-0.2, -0.15) is 0 Å². The van der Waals surface area contributed by atoms with Crippen molar-refractivity contribution in [2.75, 3.05) is 0 Å². The minimum absolute atomic E-state index is 0.907. The molecular weight excluding hydrogens is 609 g/mol. The van der Waals surface area contributed by atoms with E-state index >= 15 is 0 Å². The molecule has 0 unspecified atom stereocenters. The molecule has 232 valence electrons. The minimum atomic E-state index is 0.907. The van der Waals surface area contributed by atoms with Crippen molar-refractivity contribution in [3.63, 3.8) is 0 Å². The number of furan rings is 2. The van der Waals surface area contributed by atoms with Gasteiger partial charge in [-0.15, -0.1) is 0 Å². The summed E-state index contributed by atoms with van der Waals surface area (Å²) in [6.45, 7) is 0. The Bertz CT molecular complexity index is 3080. The second-order valence-electron chi connectivity index (χ2n) is 13.2. The zero-order chi connectivity index (χ0) is 32.8. The fourth-order valence-corrected chi connectivity index (χ4v) is 8.35. The third-order valence-electron chi connectivity index (χ3n) is 10.5. The van der Waals surface area contributed by atoms with Crippen LogP contribution in [0.15, 0.2) is 179 Å². The van der Waals surface area contributed by atoms with Crippen molar-refractivity contribution in [1.82, 2.24) is 0 Å². The van der Waals surface area contributed by atoms with Crippen LogP contribution in [-0.2, 0) is 0 Å². The quantitative estimate of drug-likeness (QED) is 0.180. The van der Waals surface area contributed by atoms with Gasteiger partial charge in [0.2, 0.25) is 0 Å². The maximum absolute atomic E-state index is 6.79. The van der Waals surface area contributed by atoms with Gasteiger partial charge in [0.1, 0.15) is 16.7 Å². The van der Waals surface area contributed by atoms with E-state index in [0.29, 0.717) is 0 Å². The molecule has 11 aromatic rings. The van der Waals surface area contributed by atoms with Crippen LogP contribution in [0.2, 0.25) is 0 Å². The summed E-state index contributed by atoms with van der Waals surface area (Å²) in [6.07, 6.45) is 1.82. The van der Waals surface area contributed by atoms with Crippen LogP contribution in [0.4, 0.5) is 0 Å². The minimum Gasteiger partial charge on any atom is -0.464 e. The van der Waals surface area contributed by atoms with Crippen molar-refractivity contribution in [3.05, 3.63) is 170 Å². The van der Waals surface area contributed by atoms with Crippen LogP contribution in [0.3, 0.4) is 0 Å². The maximum atomic E-state index is 6.79. The standard InChI is InChI=1S/C48H28O2/c1-2-12-29(13-3-1)41-27-32-16-10-22-39(44(32)48-38(41)24-25-49-48)45-33-17-6-8-19-35(33)46(36-20-9-7-18-34(36)45)40-23-11-21-37-42-26-30-14-4-5-15-31(30)28-43(42)50-47(37)40/h1-28H. The summed E-state index contributed by atoms with van der Waals surface area (Å²) in [6, 6.07) is 58.8. The van der Waals surface area contributed by atoms with Gasteiger partial charge < -0.3 is 8.83 Å². The van der Waals surface area contributed by atoms with E-state index in [2.05, 4.69) is 164 Å². The highest BCUT2D eigenvalue weighted by atomic mass is 16.3. The van der Waals surface area contributed by atoms with E-state index in [0.717, 1.165) is 54.8 Å².